The van der Waals surface area contributed by atoms with Gasteiger partial charge in [-0.15, -0.1) is 11.3 Å². The number of nitrogens with zero attached hydrogens (tertiary/aromatic N) is 2. The molecular weight excluding hydrogens is 426 g/mol. The smallest absolute Gasteiger partial charge is 0.260 e. The van der Waals surface area contributed by atoms with Gasteiger partial charge >= 0.3 is 0 Å². The number of aliphatic hydroxyl groups is 1. The van der Waals surface area contributed by atoms with Crippen molar-refractivity contribution in [2.75, 3.05) is 33.4 Å². The van der Waals surface area contributed by atoms with Crippen molar-refractivity contribution < 1.29 is 14.6 Å². The van der Waals surface area contributed by atoms with Crippen LogP contribution in [-0.4, -0.2) is 65.6 Å². The van der Waals surface area contributed by atoms with Crippen LogP contribution in [0.1, 0.15) is 31.7 Å². The number of methoxy groups -OCH3 is 1. The number of aryl methyl sites for hydroxylation is 1. The molecule has 2 N–H and O–H groups in total. The van der Waals surface area contributed by atoms with Crippen molar-refractivity contribution >= 4 is 21.6 Å². The highest BCUT2D eigenvalue weighted by atomic mass is 32.1. The maximum Gasteiger partial charge on any atom is 0.260 e. The maximum atomic E-state index is 13.0. The van der Waals surface area contributed by atoms with Crippen LogP contribution in [0.4, 0.5) is 0 Å². The van der Waals surface area contributed by atoms with E-state index < -0.39 is 6.10 Å². The van der Waals surface area contributed by atoms with Crippen LogP contribution >= 0.6 is 11.3 Å². The van der Waals surface area contributed by atoms with Crippen LogP contribution in [-0.2, 0) is 16.0 Å². The largest absolute Gasteiger partial charge is 0.389 e. The van der Waals surface area contributed by atoms with Gasteiger partial charge in [-0.1, -0.05) is 24.3 Å². The van der Waals surface area contributed by atoms with Gasteiger partial charge in [0, 0.05) is 37.7 Å². The number of aromatic amines is 1. The van der Waals surface area contributed by atoms with Gasteiger partial charge in [-0.05, 0) is 38.3 Å². The van der Waals surface area contributed by atoms with E-state index in [0.717, 1.165) is 27.9 Å². The van der Waals surface area contributed by atoms with Crippen molar-refractivity contribution in [1.29, 1.82) is 0 Å². The molecule has 0 radical (unpaired) electrons. The van der Waals surface area contributed by atoms with Gasteiger partial charge in [0.2, 0.25) is 0 Å². The molecule has 2 aromatic heterocycles. The van der Waals surface area contributed by atoms with Crippen LogP contribution in [0, 0.1) is 6.92 Å². The number of thiophene rings is 1. The summed E-state index contributed by atoms with van der Waals surface area (Å²) >= 11 is 1.48. The lowest BCUT2D eigenvalue weighted by Crippen LogP contribution is -2.37. The molecule has 1 atom stereocenters. The molecule has 3 aromatic rings. The maximum absolute atomic E-state index is 13.0. The number of fused-ring (bicyclic) bond motifs is 1. The normalized spacial score (nSPS) is 12.8. The van der Waals surface area contributed by atoms with E-state index in [1.807, 2.05) is 50.4 Å². The number of aromatic nitrogens is 2. The quantitative estimate of drug-likeness (QED) is 0.403. The van der Waals surface area contributed by atoms with Gasteiger partial charge in [0.25, 0.3) is 5.56 Å². The summed E-state index contributed by atoms with van der Waals surface area (Å²) in [6, 6.07) is 8.05. The summed E-state index contributed by atoms with van der Waals surface area (Å²) < 4.78 is 10.7. The Bertz CT molecular complexity index is 1060. The van der Waals surface area contributed by atoms with Gasteiger partial charge < -0.3 is 19.6 Å². The molecule has 0 saturated heterocycles. The molecule has 32 heavy (non-hydrogen) atoms. The monoisotopic (exact) mass is 459 g/mol. The van der Waals surface area contributed by atoms with E-state index in [2.05, 4.69) is 9.88 Å². The molecule has 0 amide bonds. The standard InChI is InChI=1S/C24H33N3O4S/c1-16(2)31-14-18(28)12-27(10-7-11-30-4)13-21-25-23(29)22-20(15-32-24(22)26-21)19-9-6-5-8-17(19)3/h5-6,8-9,15-16,18,28H,7,10-14H2,1-4H3,(H,25,26,29)/t18-/m0/s1. The summed E-state index contributed by atoms with van der Waals surface area (Å²) in [5, 5.41) is 13.0. The minimum absolute atomic E-state index is 0.0632. The van der Waals surface area contributed by atoms with Crippen molar-refractivity contribution in [3.05, 3.63) is 51.4 Å². The fourth-order valence-corrected chi connectivity index (χ4v) is 4.63. The Morgan fingerprint density at radius 2 is 2.03 bits per heavy atom. The molecule has 0 aliphatic heterocycles. The van der Waals surface area contributed by atoms with E-state index in [0.29, 0.717) is 37.5 Å². The number of nitrogens with one attached hydrogen (secondary N) is 1. The number of hydrogen-bond donors (Lipinski definition) is 2. The van der Waals surface area contributed by atoms with E-state index >= 15 is 0 Å². The number of H-pyrrole nitrogens is 1. The molecule has 174 valence electrons. The number of hydrogen-bond acceptors (Lipinski definition) is 7. The lowest BCUT2D eigenvalue weighted by molar-refractivity contribution is -0.0106. The van der Waals surface area contributed by atoms with E-state index in [9.17, 15) is 9.90 Å². The number of ether oxygens (including phenoxy) is 2. The fourth-order valence-electron chi connectivity index (χ4n) is 3.68. The zero-order valence-corrected chi connectivity index (χ0v) is 20.1. The molecule has 2 heterocycles. The van der Waals surface area contributed by atoms with Gasteiger partial charge in [0.1, 0.15) is 10.7 Å². The van der Waals surface area contributed by atoms with Crippen molar-refractivity contribution in [3.8, 4) is 11.1 Å². The molecule has 8 heteroatoms. The SMILES string of the molecule is COCCCN(Cc1nc2scc(-c3ccccc3C)c2c(=O)[nH]1)C[C@H](O)COC(C)C. The van der Waals surface area contributed by atoms with E-state index in [1.165, 1.54) is 11.3 Å². The predicted molar refractivity (Wildman–Crippen MR) is 129 cm³/mol. The molecule has 0 saturated carbocycles. The van der Waals surface area contributed by atoms with Crippen molar-refractivity contribution in [2.45, 2.75) is 45.9 Å². The highest BCUT2D eigenvalue weighted by molar-refractivity contribution is 7.17. The van der Waals surface area contributed by atoms with E-state index in [4.69, 9.17) is 14.5 Å². The van der Waals surface area contributed by atoms with Crippen LogP contribution < -0.4 is 5.56 Å². The third-order valence-electron chi connectivity index (χ3n) is 5.22. The van der Waals surface area contributed by atoms with Crippen molar-refractivity contribution in [2.24, 2.45) is 0 Å². The number of rotatable bonds is 12. The van der Waals surface area contributed by atoms with Gasteiger partial charge in [0.05, 0.1) is 30.7 Å². The fraction of sp³-hybridized carbons (Fsp3) is 0.500. The first-order chi connectivity index (χ1) is 15.4. The molecule has 0 aliphatic rings. The Hall–Kier alpha value is -2.10. The second-order valence-electron chi connectivity index (χ2n) is 8.27. The van der Waals surface area contributed by atoms with Gasteiger partial charge in [-0.3, -0.25) is 9.69 Å². The Kier molecular flexibility index (Phi) is 8.95. The number of aliphatic hydroxyl groups excluding tert-OH is 1. The summed E-state index contributed by atoms with van der Waals surface area (Å²) in [7, 11) is 1.67. The Labute approximate surface area is 193 Å². The van der Waals surface area contributed by atoms with E-state index in [-0.39, 0.29) is 18.3 Å². The Balaban J connectivity index is 1.81. The highest BCUT2D eigenvalue weighted by Crippen LogP contribution is 2.32. The minimum atomic E-state index is -0.621. The second kappa shape index (κ2) is 11.7. The van der Waals surface area contributed by atoms with Crippen LogP contribution in [0.25, 0.3) is 21.3 Å². The molecular formula is C24H33N3O4S. The summed E-state index contributed by atoms with van der Waals surface area (Å²) in [6.45, 7) is 8.41. The van der Waals surface area contributed by atoms with Crippen LogP contribution in [0.3, 0.4) is 0 Å². The zero-order valence-electron chi connectivity index (χ0n) is 19.3. The van der Waals surface area contributed by atoms with Crippen LogP contribution in [0.5, 0.6) is 0 Å². The van der Waals surface area contributed by atoms with Gasteiger partial charge in [0.15, 0.2) is 0 Å². The highest BCUT2D eigenvalue weighted by Gasteiger charge is 2.17. The molecule has 0 bridgehead atoms. The molecule has 0 aliphatic carbocycles. The van der Waals surface area contributed by atoms with E-state index in [1.54, 1.807) is 7.11 Å². The molecule has 0 fully saturated rings. The van der Waals surface area contributed by atoms with Crippen LogP contribution in [0.15, 0.2) is 34.4 Å². The predicted octanol–water partition coefficient (Wildman–Crippen LogP) is 3.58. The third-order valence-corrected chi connectivity index (χ3v) is 6.09. The summed E-state index contributed by atoms with van der Waals surface area (Å²) in [6.07, 6.45) is 0.259. The summed E-state index contributed by atoms with van der Waals surface area (Å²) in [5.41, 5.74) is 2.96. The first-order valence-electron chi connectivity index (χ1n) is 11.0. The summed E-state index contributed by atoms with van der Waals surface area (Å²) in [4.78, 5) is 23.5. The average molecular weight is 460 g/mol. The van der Waals surface area contributed by atoms with Crippen molar-refractivity contribution in [3.63, 3.8) is 0 Å². The lowest BCUT2D eigenvalue weighted by atomic mass is 10.0. The topological polar surface area (TPSA) is 87.7 Å². The molecule has 7 nitrogen and oxygen atoms in total. The van der Waals surface area contributed by atoms with Gasteiger partial charge in [-0.2, -0.15) is 0 Å². The van der Waals surface area contributed by atoms with Crippen LogP contribution in [0.2, 0.25) is 0 Å². The summed E-state index contributed by atoms with van der Waals surface area (Å²) in [5.74, 6) is 0.593. The zero-order chi connectivity index (χ0) is 23.1. The van der Waals surface area contributed by atoms with Gasteiger partial charge in [-0.25, -0.2) is 4.98 Å². The molecule has 0 unspecified atom stereocenters. The van der Waals surface area contributed by atoms with Crippen molar-refractivity contribution in [1.82, 2.24) is 14.9 Å². The second-order valence-corrected chi connectivity index (χ2v) is 9.13. The molecule has 1 aromatic carbocycles. The first kappa shape index (κ1) is 24.5. The minimum Gasteiger partial charge on any atom is -0.389 e. The Morgan fingerprint density at radius 1 is 1.25 bits per heavy atom. The average Bonchev–Trinajstić information content (AvgIpc) is 3.17. The Morgan fingerprint density at radius 3 is 2.75 bits per heavy atom. The lowest BCUT2D eigenvalue weighted by Gasteiger charge is -2.25. The third kappa shape index (κ3) is 6.46. The number of benzene rings is 1. The molecule has 3 rings (SSSR count). The molecule has 0 spiro atoms. The first-order valence-corrected chi connectivity index (χ1v) is 11.8.